The molecule has 3 saturated heterocycles. The van der Waals surface area contributed by atoms with Gasteiger partial charge in [0, 0.05) is 38.6 Å². The molecule has 3 aliphatic heterocycles. The molecule has 0 radical (unpaired) electrons. The van der Waals surface area contributed by atoms with Crippen molar-refractivity contribution >= 4 is 0 Å². The standard InChI is InChI=1S/C12H21N5O/c1-9(2-3-13)12-14-11(15-18-12)10-8-16-4-6-17(10)7-5-16/h9-10H,2-8,13H2,1H3. The molecule has 3 aliphatic rings. The number of nitrogens with zero attached hydrogens (tertiary/aromatic N) is 4. The first-order valence-electron chi connectivity index (χ1n) is 6.78. The van der Waals surface area contributed by atoms with Crippen LogP contribution in [0.4, 0.5) is 0 Å². The predicted molar refractivity (Wildman–Crippen MR) is 67.1 cm³/mol. The van der Waals surface area contributed by atoms with E-state index in [9.17, 15) is 0 Å². The summed E-state index contributed by atoms with van der Waals surface area (Å²) in [6.45, 7) is 8.35. The molecule has 0 saturated carbocycles. The molecule has 2 unspecified atom stereocenters. The van der Waals surface area contributed by atoms with E-state index in [1.165, 1.54) is 13.1 Å². The lowest BCUT2D eigenvalue weighted by Gasteiger charge is -2.46. The van der Waals surface area contributed by atoms with Gasteiger partial charge < -0.3 is 10.3 Å². The highest BCUT2D eigenvalue weighted by Gasteiger charge is 2.35. The van der Waals surface area contributed by atoms with E-state index in [0.29, 0.717) is 12.6 Å². The predicted octanol–water partition coefficient (Wildman–Crippen LogP) is 0.194. The Balaban J connectivity index is 1.73. The Kier molecular flexibility index (Phi) is 3.32. The molecular formula is C12H21N5O. The smallest absolute Gasteiger partial charge is 0.229 e. The average molecular weight is 251 g/mol. The van der Waals surface area contributed by atoms with Crippen LogP contribution in [-0.4, -0.2) is 59.2 Å². The summed E-state index contributed by atoms with van der Waals surface area (Å²) in [5.41, 5.74) is 5.56. The molecule has 3 fully saturated rings. The van der Waals surface area contributed by atoms with Crippen LogP contribution in [0.1, 0.15) is 37.0 Å². The van der Waals surface area contributed by atoms with Crippen molar-refractivity contribution < 1.29 is 4.52 Å². The van der Waals surface area contributed by atoms with E-state index in [4.69, 9.17) is 10.3 Å². The number of aromatic nitrogens is 2. The number of hydrogen-bond donors (Lipinski definition) is 1. The van der Waals surface area contributed by atoms with E-state index < -0.39 is 0 Å². The van der Waals surface area contributed by atoms with Gasteiger partial charge in [0.25, 0.3) is 0 Å². The molecular weight excluding hydrogens is 230 g/mol. The van der Waals surface area contributed by atoms with Crippen LogP contribution < -0.4 is 5.73 Å². The maximum absolute atomic E-state index is 5.56. The summed E-state index contributed by atoms with van der Waals surface area (Å²) in [6, 6.07) is 0.315. The zero-order valence-corrected chi connectivity index (χ0v) is 10.9. The van der Waals surface area contributed by atoms with Gasteiger partial charge in [-0.25, -0.2) is 0 Å². The van der Waals surface area contributed by atoms with Crippen LogP contribution in [0.2, 0.25) is 0 Å². The summed E-state index contributed by atoms with van der Waals surface area (Å²) >= 11 is 0. The fraction of sp³-hybridized carbons (Fsp3) is 0.833. The van der Waals surface area contributed by atoms with Gasteiger partial charge in [0.2, 0.25) is 5.89 Å². The minimum Gasteiger partial charge on any atom is -0.339 e. The van der Waals surface area contributed by atoms with Crippen LogP contribution in [0, 0.1) is 0 Å². The Labute approximate surface area is 107 Å². The van der Waals surface area contributed by atoms with Crippen molar-refractivity contribution in [1.82, 2.24) is 19.9 Å². The van der Waals surface area contributed by atoms with Crippen molar-refractivity contribution in [2.45, 2.75) is 25.3 Å². The second-order valence-corrected chi connectivity index (χ2v) is 5.32. The number of fused-ring (bicyclic) bond motifs is 3. The lowest BCUT2D eigenvalue weighted by Crippen LogP contribution is -2.57. The Hall–Kier alpha value is -0.980. The summed E-state index contributed by atoms with van der Waals surface area (Å²) in [7, 11) is 0. The number of nitrogens with two attached hydrogens (primary N) is 1. The zero-order chi connectivity index (χ0) is 12.5. The van der Waals surface area contributed by atoms with Crippen LogP contribution >= 0.6 is 0 Å². The van der Waals surface area contributed by atoms with Gasteiger partial charge in [-0.05, 0) is 13.0 Å². The first-order valence-corrected chi connectivity index (χ1v) is 6.78. The zero-order valence-electron chi connectivity index (χ0n) is 10.9. The molecule has 1 aromatic rings. The van der Waals surface area contributed by atoms with Crippen molar-refractivity contribution in [1.29, 1.82) is 0 Å². The van der Waals surface area contributed by atoms with E-state index in [2.05, 4.69) is 26.9 Å². The van der Waals surface area contributed by atoms with E-state index in [-0.39, 0.29) is 5.92 Å². The third kappa shape index (κ3) is 2.15. The van der Waals surface area contributed by atoms with E-state index in [0.717, 1.165) is 37.8 Å². The average Bonchev–Trinajstić information content (AvgIpc) is 2.90. The molecule has 2 atom stereocenters. The van der Waals surface area contributed by atoms with Gasteiger partial charge in [-0.15, -0.1) is 0 Å². The van der Waals surface area contributed by atoms with Crippen molar-refractivity contribution in [2.75, 3.05) is 39.3 Å². The first kappa shape index (κ1) is 12.1. The fourth-order valence-electron chi connectivity index (χ4n) is 2.82. The molecule has 4 rings (SSSR count). The van der Waals surface area contributed by atoms with Crippen molar-refractivity contribution in [3.05, 3.63) is 11.7 Å². The number of hydrogen-bond acceptors (Lipinski definition) is 6. The molecule has 6 nitrogen and oxygen atoms in total. The Morgan fingerprint density at radius 1 is 1.39 bits per heavy atom. The second kappa shape index (κ2) is 4.95. The molecule has 0 amide bonds. The lowest BCUT2D eigenvalue weighted by molar-refractivity contribution is 0.00781. The summed E-state index contributed by atoms with van der Waals surface area (Å²) in [6.07, 6.45) is 0.891. The summed E-state index contributed by atoms with van der Waals surface area (Å²) < 4.78 is 5.38. The molecule has 2 bridgehead atoms. The monoisotopic (exact) mass is 251 g/mol. The van der Waals surface area contributed by atoms with Crippen LogP contribution in [0.5, 0.6) is 0 Å². The third-order valence-corrected chi connectivity index (χ3v) is 4.06. The van der Waals surface area contributed by atoms with Gasteiger partial charge in [0.05, 0.1) is 6.04 Å². The number of piperazine rings is 3. The van der Waals surface area contributed by atoms with E-state index >= 15 is 0 Å². The Morgan fingerprint density at radius 3 is 2.78 bits per heavy atom. The molecule has 1 aromatic heterocycles. The molecule has 0 aromatic carbocycles. The highest BCUT2D eigenvalue weighted by Crippen LogP contribution is 2.28. The minimum atomic E-state index is 0.257. The molecule has 2 N–H and O–H groups in total. The first-order chi connectivity index (χ1) is 8.78. The summed E-state index contributed by atoms with van der Waals surface area (Å²) in [5, 5.41) is 4.17. The van der Waals surface area contributed by atoms with Crippen LogP contribution in [0.25, 0.3) is 0 Å². The maximum Gasteiger partial charge on any atom is 0.229 e. The van der Waals surface area contributed by atoms with Crippen molar-refractivity contribution in [2.24, 2.45) is 5.73 Å². The van der Waals surface area contributed by atoms with Gasteiger partial charge in [-0.1, -0.05) is 12.1 Å². The van der Waals surface area contributed by atoms with Crippen LogP contribution in [0.15, 0.2) is 4.52 Å². The highest BCUT2D eigenvalue weighted by molar-refractivity contribution is 5.03. The summed E-state index contributed by atoms with van der Waals surface area (Å²) in [5.74, 6) is 1.83. The minimum absolute atomic E-state index is 0.257. The summed E-state index contributed by atoms with van der Waals surface area (Å²) in [4.78, 5) is 9.51. The largest absolute Gasteiger partial charge is 0.339 e. The normalized spacial score (nSPS) is 32.7. The Morgan fingerprint density at radius 2 is 2.17 bits per heavy atom. The fourth-order valence-corrected chi connectivity index (χ4v) is 2.82. The quantitative estimate of drug-likeness (QED) is 0.824. The SMILES string of the molecule is CC(CCN)c1nc(C2CN3CCN2CC3)no1. The van der Waals surface area contributed by atoms with E-state index in [1.807, 2.05) is 0 Å². The van der Waals surface area contributed by atoms with Gasteiger partial charge in [0.1, 0.15) is 0 Å². The molecule has 100 valence electrons. The maximum atomic E-state index is 5.56. The Bertz CT molecular complexity index is 399. The molecule has 18 heavy (non-hydrogen) atoms. The third-order valence-electron chi connectivity index (χ3n) is 4.06. The lowest BCUT2D eigenvalue weighted by atomic mass is 10.1. The second-order valence-electron chi connectivity index (χ2n) is 5.32. The van der Waals surface area contributed by atoms with Crippen molar-refractivity contribution in [3.8, 4) is 0 Å². The van der Waals surface area contributed by atoms with Gasteiger partial charge >= 0.3 is 0 Å². The van der Waals surface area contributed by atoms with Gasteiger partial charge in [0.15, 0.2) is 5.82 Å². The van der Waals surface area contributed by atoms with E-state index in [1.54, 1.807) is 0 Å². The van der Waals surface area contributed by atoms with Crippen LogP contribution in [-0.2, 0) is 0 Å². The molecule has 4 heterocycles. The molecule has 0 spiro atoms. The van der Waals surface area contributed by atoms with Gasteiger partial charge in [-0.3, -0.25) is 9.80 Å². The van der Waals surface area contributed by atoms with Gasteiger partial charge in [-0.2, -0.15) is 4.98 Å². The molecule has 0 aliphatic carbocycles. The highest BCUT2D eigenvalue weighted by atomic mass is 16.5. The van der Waals surface area contributed by atoms with Crippen molar-refractivity contribution in [3.63, 3.8) is 0 Å². The molecule has 6 heteroatoms. The number of rotatable bonds is 4. The van der Waals surface area contributed by atoms with Crippen LogP contribution in [0.3, 0.4) is 0 Å². The topological polar surface area (TPSA) is 71.4 Å².